The second-order valence-corrected chi connectivity index (χ2v) is 5.96. The normalized spacial score (nSPS) is 17.9. The summed E-state index contributed by atoms with van der Waals surface area (Å²) in [5.41, 5.74) is 2.55. The van der Waals surface area contributed by atoms with Crippen LogP contribution in [0.4, 0.5) is 0 Å². The summed E-state index contributed by atoms with van der Waals surface area (Å²) in [5, 5.41) is 3.31. The van der Waals surface area contributed by atoms with Gasteiger partial charge in [-0.1, -0.05) is 34.9 Å². The first kappa shape index (κ1) is 11.5. The first-order valence-corrected chi connectivity index (χ1v) is 6.60. The van der Waals surface area contributed by atoms with Gasteiger partial charge >= 0.3 is 0 Å². The summed E-state index contributed by atoms with van der Waals surface area (Å²) in [6.07, 6.45) is 5.91. The van der Waals surface area contributed by atoms with Gasteiger partial charge in [0.15, 0.2) is 0 Å². The van der Waals surface area contributed by atoms with Crippen molar-refractivity contribution in [1.29, 1.82) is 0 Å². The Morgan fingerprint density at radius 1 is 1.47 bits per heavy atom. The van der Waals surface area contributed by atoms with Crippen LogP contribution in [0.15, 0.2) is 17.7 Å². The first-order chi connectivity index (χ1) is 7.22. The lowest BCUT2D eigenvalue weighted by molar-refractivity contribution is 0.658. The molecule has 0 spiro atoms. The summed E-state index contributed by atoms with van der Waals surface area (Å²) in [5.74, 6) is 0. The number of thiophene rings is 1. The average Bonchev–Trinajstić information content (AvgIpc) is 2.79. The van der Waals surface area contributed by atoms with E-state index >= 15 is 0 Å². The fourth-order valence-electron chi connectivity index (χ4n) is 2.05. The maximum atomic E-state index is 6.16. The van der Waals surface area contributed by atoms with Gasteiger partial charge in [0.1, 0.15) is 0 Å². The fourth-order valence-corrected chi connectivity index (χ4v) is 3.58. The van der Waals surface area contributed by atoms with Gasteiger partial charge in [0.05, 0.1) is 14.7 Å². The molecular formula is C11H13Cl2NS. The van der Waals surface area contributed by atoms with Crippen molar-refractivity contribution in [3.8, 4) is 0 Å². The van der Waals surface area contributed by atoms with Gasteiger partial charge in [-0.25, -0.2) is 0 Å². The minimum absolute atomic E-state index is 0.240. The molecule has 0 aromatic carbocycles. The molecule has 1 aromatic heterocycles. The SMILES string of the molecule is CNC(C1=CCCC1)c1cc(Cl)sc1Cl. The Kier molecular flexibility index (Phi) is 3.73. The molecule has 1 nitrogen and oxygen atoms in total. The van der Waals surface area contributed by atoms with E-state index in [-0.39, 0.29) is 6.04 Å². The van der Waals surface area contributed by atoms with Crippen molar-refractivity contribution in [3.05, 3.63) is 32.0 Å². The van der Waals surface area contributed by atoms with Crippen LogP contribution >= 0.6 is 34.5 Å². The van der Waals surface area contributed by atoms with E-state index in [1.54, 1.807) is 0 Å². The van der Waals surface area contributed by atoms with E-state index in [9.17, 15) is 0 Å². The smallest absolute Gasteiger partial charge is 0.0995 e. The molecule has 0 saturated carbocycles. The molecule has 1 unspecified atom stereocenters. The number of likely N-dealkylation sites (N-methyl/N-ethyl adjacent to an activating group) is 1. The van der Waals surface area contributed by atoms with Crippen molar-refractivity contribution >= 4 is 34.5 Å². The second-order valence-electron chi connectivity index (χ2n) is 3.67. The average molecular weight is 262 g/mol. The monoisotopic (exact) mass is 261 g/mol. The topological polar surface area (TPSA) is 12.0 Å². The fraction of sp³-hybridized carbons (Fsp3) is 0.455. The van der Waals surface area contributed by atoms with Crippen LogP contribution in [0.5, 0.6) is 0 Å². The zero-order chi connectivity index (χ0) is 10.8. The lowest BCUT2D eigenvalue weighted by atomic mass is 10.0. The molecule has 0 bridgehead atoms. The molecule has 0 saturated heterocycles. The Labute approximate surface area is 104 Å². The van der Waals surface area contributed by atoms with E-state index in [1.807, 2.05) is 13.1 Å². The quantitative estimate of drug-likeness (QED) is 0.795. The van der Waals surface area contributed by atoms with E-state index in [0.29, 0.717) is 0 Å². The summed E-state index contributed by atoms with van der Waals surface area (Å²) in [6.45, 7) is 0. The van der Waals surface area contributed by atoms with E-state index in [2.05, 4.69) is 11.4 Å². The van der Waals surface area contributed by atoms with Crippen molar-refractivity contribution in [2.75, 3.05) is 7.05 Å². The summed E-state index contributed by atoms with van der Waals surface area (Å²) in [7, 11) is 1.96. The molecular weight excluding hydrogens is 249 g/mol. The maximum absolute atomic E-state index is 6.16. The molecule has 0 aliphatic heterocycles. The van der Waals surface area contributed by atoms with Crippen molar-refractivity contribution in [2.45, 2.75) is 25.3 Å². The molecule has 1 N–H and O–H groups in total. The Bertz CT molecular complexity index is 384. The van der Waals surface area contributed by atoms with Crippen LogP contribution < -0.4 is 5.32 Å². The highest BCUT2D eigenvalue weighted by atomic mass is 35.5. The van der Waals surface area contributed by atoms with Crippen LogP contribution in [-0.2, 0) is 0 Å². The lowest BCUT2D eigenvalue weighted by Gasteiger charge is -2.17. The van der Waals surface area contributed by atoms with Gasteiger partial charge in [0, 0.05) is 5.56 Å². The molecule has 1 atom stereocenters. The molecule has 1 aliphatic carbocycles. The lowest BCUT2D eigenvalue weighted by Crippen LogP contribution is -2.17. The largest absolute Gasteiger partial charge is 0.310 e. The highest BCUT2D eigenvalue weighted by Gasteiger charge is 2.21. The van der Waals surface area contributed by atoms with Crippen LogP contribution in [0.3, 0.4) is 0 Å². The minimum atomic E-state index is 0.240. The molecule has 0 fully saturated rings. The predicted octanol–water partition coefficient (Wildman–Crippen LogP) is 4.43. The third kappa shape index (κ3) is 2.39. The number of hydrogen-bond donors (Lipinski definition) is 1. The van der Waals surface area contributed by atoms with E-state index in [1.165, 1.54) is 29.8 Å². The van der Waals surface area contributed by atoms with Crippen LogP contribution in [-0.4, -0.2) is 7.05 Å². The Balaban J connectivity index is 2.29. The highest BCUT2D eigenvalue weighted by molar-refractivity contribution is 7.20. The summed E-state index contributed by atoms with van der Waals surface area (Å²) >= 11 is 13.6. The van der Waals surface area contributed by atoms with Gasteiger partial charge in [-0.15, -0.1) is 11.3 Å². The number of allylic oxidation sites excluding steroid dienone is 1. The molecule has 0 radical (unpaired) electrons. The van der Waals surface area contributed by atoms with Gasteiger partial charge in [-0.3, -0.25) is 0 Å². The summed E-state index contributed by atoms with van der Waals surface area (Å²) in [4.78, 5) is 0. The number of rotatable bonds is 3. The Hall–Kier alpha value is -0.0200. The van der Waals surface area contributed by atoms with Crippen molar-refractivity contribution in [3.63, 3.8) is 0 Å². The van der Waals surface area contributed by atoms with Crippen LogP contribution in [0.1, 0.15) is 30.9 Å². The van der Waals surface area contributed by atoms with Crippen LogP contribution in [0, 0.1) is 0 Å². The van der Waals surface area contributed by atoms with E-state index in [4.69, 9.17) is 23.2 Å². The molecule has 15 heavy (non-hydrogen) atoms. The summed E-state index contributed by atoms with van der Waals surface area (Å²) in [6, 6.07) is 2.21. The van der Waals surface area contributed by atoms with Crippen LogP contribution in [0.25, 0.3) is 0 Å². The maximum Gasteiger partial charge on any atom is 0.0995 e. The molecule has 4 heteroatoms. The highest BCUT2D eigenvalue weighted by Crippen LogP contribution is 2.39. The molecule has 0 amide bonds. The van der Waals surface area contributed by atoms with Gasteiger partial charge in [0.25, 0.3) is 0 Å². The van der Waals surface area contributed by atoms with Gasteiger partial charge < -0.3 is 5.32 Å². The predicted molar refractivity (Wildman–Crippen MR) is 68.1 cm³/mol. The number of halogens is 2. The van der Waals surface area contributed by atoms with Crippen LogP contribution in [0.2, 0.25) is 8.67 Å². The standard InChI is InChI=1S/C11H13Cl2NS/c1-14-10(7-4-2-3-5-7)8-6-9(12)15-11(8)13/h4,6,10,14H,2-3,5H2,1H3. The Morgan fingerprint density at radius 2 is 2.27 bits per heavy atom. The van der Waals surface area contributed by atoms with Gasteiger partial charge in [0.2, 0.25) is 0 Å². The molecule has 1 heterocycles. The first-order valence-electron chi connectivity index (χ1n) is 5.03. The minimum Gasteiger partial charge on any atom is -0.310 e. The molecule has 1 aromatic rings. The Morgan fingerprint density at radius 3 is 2.73 bits per heavy atom. The van der Waals surface area contributed by atoms with Crippen molar-refractivity contribution < 1.29 is 0 Å². The summed E-state index contributed by atoms with van der Waals surface area (Å²) < 4.78 is 1.56. The van der Waals surface area contributed by atoms with Crippen molar-refractivity contribution in [1.82, 2.24) is 5.32 Å². The molecule has 1 aliphatic rings. The zero-order valence-corrected chi connectivity index (χ0v) is 10.8. The van der Waals surface area contributed by atoms with Crippen molar-refractivity contribution in [2.24, 2.45) is 0 Å². The number of nitrogens with one attached hydrogen (secondary N) is 1. The van der Waals surface area contributed by atoms with E-state index < -0.39 is 0 Å². The van der Waals surface area contributed by atoms with E-state index in [0.717, 1.165) is 20.7 Å². The second kappa shape index (κ2) is 4.88. The third-order valence-electron chi connectivity index (χ3n) is 2.73. The molecule has 2 rings (SSSR count). The third-order valence-corrected chi connectivity index (χ3v) is 4.25. The van der Waals surface area contributed by atoms with Gasteiger partial charge in [-0.2, -0.15) is 0 Å². The van der Waals surface area contributed by atoms with Gasteiger partial charge in [-0.05, 0) is 32.4 Å². The molecule has 82 valence electrons. The zero-order valence-electron chi connectivity index (χ0n) is 8.52. The number of hydrogen-bond acceptors (Lipinski definition) is 2.